The van der Waals surface area contributed by atoms with Crippen LogP contribution in [-0.4, -0.2) is 47.2 Å². The molecule has 1 aliphatic heterocycles. The smallest absolute Gasteiger partial charge is 0.273 e. The number of hydrazine groups is 1. The van der Waals surface area contributed by atoms with Gasteiger partial charge in [-0.25, -0.2) is 5.01 Å². The minimum absolute atomic E-state index is 0.0121. The van der Waals surface area contributed by atoms with E-state index in [-0.39, 0.29) is 17.4 Å². The molecule has 2 saturated carbocycles. The van der Waals surface area contributed by atoms with Gasteiger partial charge in [0.1, 0.15) is 12.3 Å². The molecule has 0 aromatic heterocycles. The van der Waals surface area contributed by atoms with E-state index in [2.05, 4.69) is 12.2 Å². The average molecular weight is 491 g/mol. The number of benzene rings is 2. The Kier molecular flexibility index (Phi) is 5.07. The number of carbonyl (C=O) groups is 4. The van der Waals surface area contributed by atoms with Crippen LogP contribution in [0.2, 0.25) is 5.02 Å². The molecule has 8 heteroatoms. The summed E-state index contributed by atoms with van der Waals surface area (Å²) in [5.74, 6) is -1.39. The maximum atomic E-state index is 13.7. The van der Waals surface area contributed by atoms with E-state index in [9.17, 15) is 19.2 Å². The Labute approximate surface area is 207 Å². The average Bonchev–Trinajstić information content (AvgIpc) is 3.66. The minimum Gasteiger partial charge on any atom is -0.497 e. The van der Waals surface area contributed by atoms with Gasteiger partial charge in [-0.1, -0.05) is 35.9 Å². The third-order valence-electron chi connectivity index (χ3n) is 7.89. The first kappa shape index (κ1) is 22.0. The van der Waals surface area contributed by atoms with Crippen LogP contribution in [0.4, 0.5) is 0 Å². The SMILES string of the molecule is COc1cccc(C(=O)CN(C(=O)c2ccc(Cl)cc2)N2C(=O)[C@@H]3[C@H]4C=C[C@@H]([C@@H]5C[C@@H]45)[C@@H]3C2=O)c1. The van der Waals surface area contributed by atoms with Gasteiger partial charge in [0.2, 0.25) is 0 Å². The minimum atomic E-state index is -0.608. The van der Waals surface area contributed by atoms with Gasteiger partial charge in [0, 0.05) is 16.1 Å². The van der Waals surface area contributed by atoms with Crippen LogP contribution in [0.5, 0.6) is 5.75 Å². The second-order valence-electron chi connectivity index (χ2n) is 9.67. The highest BCUT2D eigenvalue weighted by molar-refractivity contribution is 6.30. The summed E-state index contributed by atoms with van der Waals surface area (Å²) in [6, 6.07) is 12.7. The molecule has 4 aliphatic carbocycles. The molecule has 1 heterocycles. The van der Waals surface area contributed by atoms with Crippen LogP contribution in [0.3, 0.4) is 0 Å². The number of ketones is 1. The van der Waals surface area contributed by atoms with Gasteiger partial charge in [0.25, 0.3) is 17.7 Å². The van der Waals surface area contributed by atoms with Crippen molar-refractivity contribution in [2.45, 2.75) is 6.42 Å². The number of imide groups is 1. The lowest BCUT2D eigenvalue weighted by atomic mass is 9.63. The van der Waals surface area contributed by atoms with Crippen molar-refractivity contribution in [3.8, 4) is 5.75 Å². The predicted molar refractivity (Wildman–Crippen MR) is 126 cm³/mol. The highest BCUT2D eigenvalue weighted by Crippen LogP contribution is 2.65. The molecule has 6 atom stereocenters. The molecular formula is C27H23ClN2O5. The summed E-state index contributed by atoms with van der Waals surface area (Å²) in [6.45, 7) is -0.457. The highest BCUT2D eigenvalue weighted by atomic mass is 35.5. The number of ether oxygens (including phenoxy) is 1. The Morgan fingerprint density at radius 3 is 2.20 bits per heavy atom. The zero-order valence-corrected chi connectivity index (χ0v) is 19.7. The molecule has 35 heavy (non-hydrogen) atoms. The molecule has 178 valence electrons. The van der Waals surface area contributed by atoms with Gasteiger partial charge < -0.3 is 4.74 Å². The molecule has 1 saturated heterocycles. The molecule has 2 aromatic rings. The van der Waals surface area contributed by atoms with Gasteiger partial charge in [0.05, 0.1) is 18.9 Å². The normalized spacial score (nSPS) is 29.6. The van der Waals surface area contributed by atoms with Crippen LogP contribution in [0, 0.1) is 35.5 Å². The molecule has 2 aromatic carbocycles. The van der Waals surface area contributed by atoms with Crippen molar-refractivity contribution < 1.29 is 23.9 Å². The standard InChI is InChI=1S/C27H23ClN2O5/c1-35-17-4-2-3-15(11-17)22(31)13-29(25(32)14-5-7-16(28)8-6-14)30-26(33)23-18-9-10-19(21-12-20(18)21)24(23)27(30)34/h2-11,18-21,23-24H,12-13H2,1H3/t18-,19-,20-,21-,23-,24+/m0/s1. The number of hydrogen-bond donors (Lipinski definition) is 0. The van der Waals surface area contributed by atoms with E-state index in [1.54, 1.807) is 36.4 Å². The van der Waals surface area contributed by atoms with Gasteiger partial charge >= 0.3 is 0 Å². The van der Waals surface area contributed by atoms with E-state index >= 15 is 0 Å². The van der Waals surface area contributed by atoms with Crippen LogP contribution < -0.4 is 4.74 Å². The number of methoxy groups -OCH3 is 1. The van der Waals surface area contributed by atoms with E-state index in [1.165, 1.54) is 19.2 Å². The summed E-state index contributed by atoms with van der Waals surface area (Å²) in [4.78, 5) is 54.2. The fourth-order valence-electron chi connectivity index (χ4n) is 6.18. The van der Waals surface area contributed by atoms with Gasteiger partial charge in [0.15, 0.2) is 5.78 Å². The van der Waals surface area contributed by atoms with Crippen LogP contribution >= 0.6 is 11.6 Å². The summed E-state index contributed by atoms with van der Waals surface area (Å²) in [5.41, 5.74) is 0.546. The lowest BCUT2D eigenvalue weighted by Crippen LogP contribution is -2.52. The van der Waals surface area contributed by atoms with Crippen LogP contribution in [0.25, 0.3) is 0 Å². The summed E-state index contributed by atoms with van der Waals surface area (Å²) in [7, 11) is 1.50. The molecule has 0 unspecified atom stereocenters. The molecule has 7 nitrogen and oxygen atoms in total. The van der Waals surface area contributed by atoms with Crippen molar-refractivity contribution in [3.63, 3.8) is 0 Å². The number of hydrogen-bond acceptors (Lipinski definition) is 5. The summed E-state index contributed by atoms with van der Waals surface area (Å²) >= 11 is 5.99. The van der Waals surface area contributed by atoms with Crippen LogP contribution in [-0.2, 0) is 9.59 Å². The fourth-order valence-corrected chi connectivity index (χ4v) is 6.30. The van der Waals surface area contributed by atoms with E-state index in [4.69, 9.17) is 16.3 Å². The first-order valence-corrected chi connectivity index (χ1v) is 12.1. The Hall–Kier alpha value is -3.45. The topological polar surface area (TPSA) is 84.0 Å². The number of allylic oxidation sites excluding steroid dienone is 2. The Morgan fingerprint density at radius 2 is 1.60 bits per heavy atom. The second-order valence-corrected chi connectivity index (χ2v) is 10.1. The van der Waals surface area contributed by atoms with Crippen LogP contribution in [0.15, 0.2) is 60.7 Å². The van der Waals surface area contributed by atoms with Crippen molar-refractivity contribution in [2.75, 3.05) is 13.7 Å². The number of nitrogens with zero attached hydrogens (tertiary/aromatic N) is 2. The molecule has 3 fully saturated rings. The molecular weight excluding hydrogens is 468 g/mol. The molecule has 7 rings (SSSR count). The number of Topliss-reactive ketones (excluding diaryl/α,β-unsaturated/α-hetero) is 1. The van der Waals surface area contributed by atoms with Gasteiger partial charge in [-0.2, -0.15) is 5.01 Å². The number of rotatable bonds is 6. The first-order chi connectivity index (χ1) is 16.9. The quantitative estimate of drug-likeness (QED) is 0.350. The van der Waals surface area contributed by atoms with Crippen molar-refractivity contribution in [3.05, 3.63) is 76.8 Å². The van der Waals surface area contributed by atoms with Crippen molar-refractivity contribution in [2.24, 2.45) is 35.5 Å². The zero-order chi connectivity index (χ0) is 24.4. The largest absolute Gasteiger partial charge is 0.497 e. The molecule has 0 spiro atoms. The van der Waals surface area contributed by atoms with Gasteiger partial charge in [-0.15, -0.1) is 0 Å². The lowest BCUT2D eigenvalue weighted by Gasteiger charge is -2.37. The Bertz CT molecular complexity index is 1250. The monoisotopic (exact) mass is 490 g/mol. The predicted octanol–water partition coefficient (Wildman–Crippen LogP) is 3.64. The molecule has 2 bridgehead atoms. The first-order valence-electron chi connectivity index (χ1n) is 11.7. The molecule has 5 aliphatic rings. The van der Waals surface area contributed by atoms with Crippen LogP contribution in [0.1, 0.15) is 27.1 Å². The van der Waals surface area contributed by atoms with E-state index in [1.807, 2.05) is 0 Å². The van der Waals surface area contributed by atoms with Crippen molar-refractivity contribution >= 4 is 35.1 Å². The highest BCUT2D eigenvalue weighted by Gasteiger charge is 2.68. The molecule has 3 amide bonds. The van der Waals surface area contributed by atoms with E-state index in [0.717, 1.165) is 16.4 Å². The maximum Gasteiger partial charge on any atom is 0.273 e. The summed E-state index contributed by atoms with van der Waals surface area (Å²) < 4.78 is 5.21. The number of amides is 3. The number of halogens is 1. The number of carbonyl (C=O) groups excluding carboxylic acids is 4. The fraction of sp³-hybridized carbons (Fsp3) is 0.333. The molecule has 0 radical (unpaired) electrons. The van der Waals surface area contributed by atoms with Gasteiger partial charge in [-0.3, -0.25) is 19.2 Å². The second kappa shape index (κ2) is 8.05. The van der Waals surface area contributed by atoms with Crippen molar-refractivity contribution in [1.29, 1.82) is 0 Å². The van der Waals surface area contributed by atoms with E-state index < -0.39 is 41.9 Å². The summed E-state index contributed by atoms with van der Waals surface area (Å²) in [5, 5.41) is 2.41. The Balaban J connectivity index is 1.36. The maximum absolute atomic E-state index is 13.7. The van der Waals surface area contributed by atoms with Crippen molar-refractivity contribution in [1.82, 2.24) is 10.0 Å². The summed E-state index contributed by atoms with van der Waals surface area (Å²) in [6.07, 6.45) is 5.18. The lowest BCUT2D eigenvalue weighted by molar-refractivity contribution is -0.154. The Morgan fingerprint density at radius 1 is 0.971 bits per heavy atom. The van der Waals surface area contributed by atoms with E-state index in [0.29, 0.717) is 28.2 Å². The zero-order valence-electron chi connectivity index (χ0n) is 19.0. The molecule has 0 N–H and O–H groups in total. The van der Waals surface area contributed by atoms with Gasteiger partial charge in [-0.05, 0) is 66.5 Å². The third kappa shape index (κ3) is 3.40. The third-order valence-corrected chi connectivity index (χ3v) is 8.14.